The Morgan fingerprint density at radius 1 is 1.06 bits per heavy atom. The molecule has 0 spiro atoms. The molecular formula is C26H32N4O3. The Balaban J connectivity index is 1.39. The summed E-state index contributed by atoms with van der Waals surface area (Å²) in [5.74, 6) is 1.76. The number of fused-ring (bicyclic) bond motifs is 1. The van der Waals surface area contributed by atoms with Crippen LogP contribution in [0.1, 0.15) is 73.6 Å². The minimum absolute atomic E-state index is 0.00693. The molecule has 2 fully saturated rings. The number of hydrogen-bond acceptors (Lipinski definition) is 4. The van der Waals surface area contributed by atoms with Crippen molar-refractivity contribution in [1.82, 2.24) is 19.2 Å². The second-order valence-corrected chi connectivity index (χ2v) is 9.23. The summed E-state index contributed by atoms with van der Waals surface area (Å²) >= 11 is 0. The zero-order valence-electron chi connectivity index (χ0n) is 19.5. The zero-order valence-corrected chi connectivity index (χ0v) is 19.5. The smallest absolute Gasteiger partial charge is 0.345 e. The molecule has 1 amide bonds. The van der Waals surface area contributed by atoms with Gasteiger partial charge in [0.2, 0.25) is 0 Å². The van der Waals surface area contributed by atoms with E-state index in [0.717, 1.165) is 42.3 Å². The third-order valence-electron chi connectivity index (χ3n) is 7.22. The van der Waals surface area contributed by atoms with Gasteiger partial charge in [-0.15, -0.1) is 0 Å². The Bertz CT molecular complexity index is 1210. The summed E-state index contributed by atoms with van der Waals surface area (Å²) in [7, 11) is 1.74. The van der Waals surface area contributed by atoms with Gasteiger partial charge in [-0.25, -0.2) is 9.48 Å². The van der Waals surface area contributed by atoms with Crippen molar-refractivity contribution in [2.75, 3.05) is 19.7 Å². The Labute approximate surface area is 194 Å². The molecule has 0 radical (unpaired) electrons. The molecule has 2 heterocycles. The Kier molecular flexibility index (Phi) is 5.96. The molecule has 5 rings (SSSR count). The van der Waals surface area contributed by atoms with Crippen LogP contribution in [0.3, 0.4) is 0 Å². The van der Waals surface area contributed by atoms with Crippen LogP contribution in [0.4, 0.5) is 0 Å². The fourth-order valence-corrected chi connectivity index (χ4v) is 5.53. The van der Waals surface area contributed by atoms with E-state index >= 15 is 0 Å². The van der Waals surface area contributed by atoms with Gasteiger partial charge in [-0.2, -0.15) is 5.10 Å². The predicted octanol–water partition coefficient (Wildman–Crippen LogP) is 4.27. The van der Waals surface area contributed by atoms with E-state index in [2.05, 4.69) is 5.10 Å². The van der Waals surface area contributed by atoms with E-state index in [0.29, 0.717) is 31.0 Å². The van der Waals surface area contributed by atoms with Gasteiger partial charge in [0.1, 0.15) is 11.6 Å². The number of rotatable bonds is 5. The van der Waals surface area contributed by atoms with E-state index in [-0.39, 0.29) is 23.6 Å². The predicted molar refractivity (Wildman–Crippen MR) is 128 cm³/mol. The molecule has 1 aromatic heterocycles. The van der Waals surface area contributed by atoms with Gasteiger partial charge in [-0.3, -0.25) is 9.36 Å². The largest absolute Gasteiger partial charge is 0.493 e. The standard InChI is InChI=1S/C26H32N4O3/c1-3-33-22-13-12-18-8-4-7-11-21(18)23(22)25(31)29-16-14-19(15-17-29)24-27-28(2)26(32)30(24)20-9-5-6-10-20/h4,7-8,11-13,19-20H,3,5-6,9-10,14-17H2,1-2H3. The lowest BCUT2D eigenvalue weighted by Crippen LogP contribution is -2.39. The lowest BCUT2D eigenvalue weighted by Gasteiger charge is -2.32. The van der Waals surface area contributed by atoms with Crippen molar-refractivity contribution >= 4 is 16.7 Å². The highest BCUT2D eigenvalue weighted by atomic mass is 16.5. The number of ether oxygens (including phenoxy) is 1. The summed E-state index contributed by atoms with van der Waals surface area (Å²) in [6.07, 6.45) is 6.07. The van der Waals surface area contributed by atoms with Crippen LogP contribution in [0, 0.1) is 0 Å². The summed E-state index contributed by atoms with van der Waals surface area (Å²) in [6, 6.07) is 12.1. The number of aryl methyl sites for hydroxylation is 1. The van der Waals surface area contributed by atoms with E-state index < -0.39 is 0 Å². The van der Waals surface area contributed by atoms with E-state index in [1.807, 2.05) is 52.8 Å². The maximum Gasteiger partial charge on any atom is 0.345 e. The van der Waals surface area contributed by atoms with Gasteiger partial charge in [0, 0.05) is 32.1 Å². The van der Waals surface area contributed by atoms with Gasteiger partial charge < -0.3 is 9.64 Å². The van der Waals surface area contributed by atoms with Crippen molar-refractivity contribution in [2.45, 2.75) is 57.4 Å². The van der Waals surface area contributed by atoms with Crippen LogP contribution in [0.15, 0.2) is 41.2 Å². The van der Waals surface area contributed by atoms with Crippen LogP contribution in [0.5, 0.6) is 5.75 Å². The SMILES string of the molecule is CCOc1ccc2ccccc2c1C(=O)N1CCC(c2nn(C)c(=O)n2C2CCCC2)CC1. The summed E-state index contributed by atoms with van der Waals surface area (Å²) < 4.78 is 9.27. The van der Waals surface area contributed by atoms with Crippen LogP contribution in [-0.4, -0.2) is 44.9 Å². The molecule has 0 atom stereocenters. The second kappa shape index (κ2) is 9.04. The highest BCUT2D eigenvalue weighted by Gasteiger charge is 2.32. The third-order valence-corrected chi connectivity index (χ3v) is 7.22. The summed E-state index contributed by atoms with van der Waals surface area (Å²) in [4.78, 5) is 28.4. The minimum Gasteiger partial charge on any atom is -0.493 e. The maximum atomic E-state index is 13.7. The van der Waals surface area contributed by atoms with Gasteiger partial charge in [-0.05, 0) is 49.4 Å². The van der Waals surface area contributed by atoms with Crippen LogP contribution >= 0.6 is 0 Å². The first kappa shape index (κ1) is 21.7. The fraction of sp³-hybridized carbons (Fsp3) is 0.500. The van der Waals surface area contributed by atoms with E-state index in [4.69, 9.17) is 4.74 Å². The number of amides is 1. The first-order valence-electron chi connectivity index (χ1n) is 12.2. The molecule has 33 heavy (non-hydrogen) atoms. The second-order valence-electron chi connectivity index (χ2n) is 9.23. The van der Waals surface area contributed by atoms with Crippen molar-refractivity contribution in [3.05, 3.63) is 58.3 Å². The van der Waals surface area contributed by atoms with Gasteiger partial charge in [0.25, 0.3) is 5.91 Å². The number of aromatic nitrogens is 3. The maximum absolute atomic E-state index is 13.7. The van der Waals surface area contributed by atoms with Gasteiger partial charge in [0.05, 0.1) is 12.2 Å². The number of piperidine rings is 1. The Morgan fingerprint density at radius 3 is 2.52 bits per heavy atom. The first-order chi connectivity index (χ1) is 16.1. The normalized spacial score (nSPS) is 17.7. The molecule has 0 bridgehead atoms. The van der Waals surface area contributed by atoms with Crippen LogP contribution < -0.4 is 10.4 Å². The quantitative estimate of drug-likeness (QED) is 0.585. The number of benzene rings is 2. The summed E-state index contributed by atoms with van der Waals surface area (Å²) in [5.41, 5.74) is 0.640. The summed E-state index contributed by atoms with van der Waals surface area (Å²) in [6.45, 7) is 3.74. The molecule has 1 saturated carbocycles. The topological polar surface area (TPSA) is 69.4 Å². The fourth-order valence-electron chi connectivity index (χ4n) is 5.53. The average Bonchev–Trinajstić information content (AvgIpc) is 3.47. The van der Waals surface area contributed by atoms with Gasteiger partial charge >= 0.3 is 5.69 Å². The van der Waals surface area contributed by atoms with Gasteiger partial charge in [-0.1, -0.05) is 43.2 Å². The first-order valence-corrected chi connectivity index (χ1v) is 12.2. The lowest BCUT2D eigenvalue weighted by molar-refractivity contribution is 0.0707. The number of nitrogens with zero attached hydrogens (tertiary/aromatic N) is 4. The Hall–Kier alpha value is -3.09. The van der Waals surface area contributed by atoms with Crippen LogP contribution in [-0.2, 0) is 7.05 Å². The van der Waals surface area contributed by atoms with Crippen LogP contribution in [0.2, 0.25) is 0 Å². The highest BCUT2D eigenvalue weighted by molar-refractivity contribution is 6.09. The van der Waals surface area contributed by atoms with Crippen LogP contribution in [0.25, 0.3) is 10.8 Å². The van der Waals surface area contributed by atoms with Crippen molar-refractivity contribution in [2.24, 2.45) is 7.05 Å². The Morgan fingerprint density at radius 2 is 1.79 bits per heavy atom. The molecule has 0 N–H and O–H groups in total. The van der Waals surface area contributed by atoms with E-state index in [9.17, 15) is 9.59 Å². The van der Waals surface area contributed by atoms with E-state index in [1.54, 1.807) is 7.05 Å². The molecule has 174 valence electrons. The van der Waals surface area contributed by atoms with Crippen molar-refractivity contribution in [1.29, 1.82) is 0 Å². The lowest BCUT2D eigenvalue weighted by atomic mass is 9.94. The minimum atomic E-state index is -0.00693. The molecule has 1 saturated heterocycles. The van der Waals surface area contributed by atoms with Crippen molar-refractivity contribution < 1.29 is 9.53 Å². The third kappa shape index (κ3) is 3.94. The monoisotopic (exact) mass is 448 g/mol. The molecule has 2 aromatic carbocycles. The molecule has 2 aliphatic rings. The number of hydrogen-bond donors (Lipinski definition) is 0. The van der Waals surface area contributed by atoms with Crippen molar-refractivity contribution in [3.8, 4) is 5.75 Å². The molecule has 7 heteroatoms. The highest BCUT2D eigenvalue weighted by Crippen LogP contribution is 2.35. The number of likely N-dealkylation sites (tertiary alicyclic amines) is 1. The number of carbonyl (C=O) groups excluding carboxylic acids is 1. The van der Waals surface area contributed by atoms with Gasteiger partial charge in [0.15, 0.2) is 0 Å². The molecule has 0 unspecified atom stereocenters. The molecule has 3 aromatic rings. The summed E-state index contributed by atoms with van der Waals surface area (Å²) in [5, 5.41) is 6.59. The molecular weight excluding hydrogens is 416 g/mol. The zero-order chi connectivity index (χ0) is 22.9. The number of carbonyl (C=O) groups is 1. The average molecular weight is 449 g/mol. The molecule has 7 nitrogen and oxygen atoms in total. The van der Waals surface area contributed by atoms with Crippen molar-refractivity contribution in [3.63, 3.8) is 0 Å². The van der Waals surface area contributed by atoms with E-state index in [1.165, 1.54) is 17.5 Å². The molecule has 1 aliphatic heterocycles. The molecule has 1 aliphatic carbocycles.